The largest absolute Gasteiger partial charge is 0.340 e. The maximum absolute atomic E-state index is 13.5. The minimum atomic E-state index is -0.511. The summed E-state index contributed by atoms with van der Waals surface area (Å²) >= 11 is 0. The minimum Gasteiger partial charge on any atom is -0.340 e. The number of nitro groups is 1. The van der Waals surface area contributed by atoms with E-state index >= 15 is 0 Å². The van der Waals surface area contributed by atoms with Crippen LogP contribution in [0.15, 0.2) is 42.6 Å². The van der Waals surface area contributed by atoms with Crippen LogP contribution in [-0.4, -0.2) is 39.8 Å². The van der Waals surface area contributed by atoms with Crippen LogP contribution in [0.4, 0.5) is 17.2 Å². The fraction of sp³-hybridized carbons (Fsp3) is 0.429. The van der Waals surface area contributed by atoms with E-state index in [1.165, 1.54) is 12.3 Å². The SMILES string of the molecule is CC1CC(C)CN(C(=O)[C@@H]2Cc3ccccc3N2c2ncccc2[N+](=O)[O-])C1. The minimum absolute atomic E-state index is 0.0227. The van der Waals surface area contributed by atoms with Crippen LogP contribution in [0.2, 0.25) is 0 Å². The Labute approximate surface area is 164 Å². The van der Waals surface area contributed by atoms with E-state index in [2.05, 4.69) is 18.8 Å². The lowest BCUT2D eigenvalue weighted by molar-refractivity contribution is -0.384. The molecule has 0 saturated carbocycles. The highest BCUT2D eigenvalue weighted by Gasteiger charge is 2.41. The molecular formula is C21H24N4O3. The van der Waals surface area contributed by atoms with E-state index in [1.807, 2.05) is 29.2 Å². The molecule has 1 amide bonds. The first-order chi connectivity index (χ1) is 13.5. The molecule has 0 radical (unpaired) electrons. The van der Waals surface area contributed by atoms with Crippen LogP contribution in [0, 0.1) is 22.0 Å². The number of fused-ring (bicyclic) bond motifs is 1. The number of para-hydroxylation sites is 1. The molecule has 0 bridgehead atoms. The van der Waals surface area contributed by atoms with Crippen LogP contribution in [-0.2, 0) is 11.2 Å². The number of pyridine rings is 1. The molecule has 7 nitrogen and oxygen atoms in total. The number of carbonyl (C=O) groups is 1. The van der Waals surface area contributed by atoms with Gasteiger partial charge in [-0.05, 0) is 36.0 Å². The summed E-state index contributed by atoms with van der Waals surface area (Å²) in [5.41, 5.74) is 1.75. The number of hydrogen-bond acceptors (Lipinski definition) is 5. The van der Waals surface area contributed by atoms with Gasteiger partial charge in [-0.2, -0.15) is 0 Å². The number of benzene rings is 1. The molecular weight excluding hydrogens is 356 g/mol. The number of hydrogen-bond donors (Lipinski definition) is 0. The van der Waals surface area contributed by atoms with Gasteiger partial charge in [-0.3, -0.25) is 14.9 Å². The van der Waals surface area contributed by atoms with Gasteiger partial charge in [0.1, 0.15) is 6.04 Å². The molecule has 2 unspecified atom stereocenters. The van der Waals surface area contributed by atoms with Crippen molar-refractivity contribution in [1.82, 2.24) is 9.88 Å². The molecule has 1 fully saturated rings. The van der Waals surface area contributed by atoms with E-state index in [-0.39, 0.29) is 17.4 Å². The van der Waals surface area contributed by atoms with Crippen LogP contribution in [0.1, 0.15) is 25.8 Å². The van der Waals surface area contributed by atoms with Gasteiger partial charge in [-0.1, -0.05) is 32.0 Å². The van der Waals surface area contributed by atoms with Crippen molar-refractivity contribution >= 4 is 23.1 Å². The lowest BCUT2D eigenvalue weighted by atomic mass is 9.91. The highest BCUT2D eigenvalue weighted by Crippen LogP contribution is 2.41. The average Bonchev–Trinajstić information content (AvgIpc) is 3.06. The summed E-state index contributed by atoms with van der Waals surface area (Å²) in [6.45, 7) is 5.80. The third-order valence-corrected chi connectivity index (χ3v) is 5.63. The normalized spacial score (nSPS) is 24.1. The Morgan fingerprint density at radius 3 is 2.57 bits per heavy atom. The van der Waals surface area contributed by atoms with Crippen LogP contribution in [0.3, 0.4) is 0 Å². The molecule has 0 spiro atoms. The first-order valence-electron chi connectivity index (χ1n) is 9.71. The van der Waals surface area contributed by atoms with Gasteiger partial charge in [-0.25, -0.2) is 4.98 Å². The third kappa shape index (κ3) is 3.21. The standard InChI is InChI=1S/C21H24N4O3/c1-14-10-15(2)13-23(12-14)21(26)19-11-16-6-3-4-7-17(16)24(19)20-18(25(27)28)8-5-9-22-20/h3-9,14-15,19H,10-13H2,1-2H3/t14?,15?,19-/m0/s1. The Morgan fingerprint density at radius 2 is 1.86 bits per heavy atom. The smallest absolute Gasteiger partial charge is 0.311 e. The van der Waals surface area contributed by atoms with Gasteiger partial charge in [0.2, 0.25) is 11.7 Å². The van der Waals surface area contributed by atoms with Crippen molar-refractivity contribution in [2.45, 2.75) is 32.7 Å². The van der Waals surface area contributed by atoms with Gasteiger partial charge < -0.3 is 9.80 Å². The Balaban J connectivity index is 1.75. The molecule has 2 aromatic rings. The van der Waals surface area contributed by atoms with E-state index in [9.17, 15) is 14.9 Å². The van der Waals surface area contributed by atoms with Gasteiger partial charge in [-0.15, -0.1) is 0 Å². The molecule has 2 aliphatic rings. The molecule has 2 aliphatic heterocycles. The van der Waals surface area contributed by atoms with Crippen molar-refractivity contribution in [1.29, 1.82) is 0 Å². The zero-order valence-corrected chi connectivity index (χ0v) is 16.1. The molecule has 1 aromatic heterocycles. The van der Waals surface area contributed by atoms with E-state index in [0.29, 0.717) is 18.3 Å². The second kappa shape index (κ2) is 7.22. The number of likely N-dealkylation sites (tertiary alicyclic amines) is 1. The third-order valence-electron chi connectivity index (χ3n) is 5.63. The van der Waals surface area contributed by atoms with E-state index in [0.717, 1.165) is 30.8 Å². The van der Waals surface area contributed by atoms with Gasteiger partial charge in [0.25, 0.3) is 0 Å². The van der Waals surface area contributed by atoms with Gasteiger partial charge in [0.05, 0.1) is 4.92 Å². The van der Waals surface area contributed by atoms with Crippen molar-refractivity contribution in [3.63, 3.8) is 0 Å². The van der Waals surface area contributed by atoms with Crippen LogP contribution >= 0.6 is 0 Å². The highest BCUT2D eigenvalue weighted by atomic mass is 16.6. The first-order valence-corrected chi connectivity index (χ1v) is 9.71. The number of carbonyl (C=O) groups excluding carboxylic acids is 1. The fourth-order valence-corrected chi connectivity index (χ4v) is 4.62. The number of anilines is 2. The average molecular weight is 380 g/mol. The first kappa shape index (κ1) is 18.4. The second-order valence-electron chi connectivity index (χ2n) is 8.01. The molecule has 28 heavy (non-hydrogen) atoms. The van der Waals surface area contributed by atoms with Crippen LogP contribution in [0.5, 0.6) is 0 Å². The summed E-state index contributed by atoms with van der Waals surface area (Å²) in [6, 6.07) is 10.2. The zero-order valence-electron chi connectivity index (χ0n) is 16.1. The summed E-state index contributed by atoms with van der Waals surface area (Å²) < 4.78 is 0. The van der Waals surface area contributed by atoms with Gasteiger partial charge >= 0.3 is 5.69 Å². The molecule has 1 saturated heterocycles. The molecule has 3 atom stereocenters. The van der Waals surface area contributed by atoms with Crippen LogP contribution in [0.25, 0.3) is 0 Å². The molecule has 146 valence electrons. The molecule has 7 heteroatoms. The molecule has 0 aliphatic carbocycles. The zero-order chi connectivity index (χ0) is 19.8. The van der Waals surface area contributed by atoms with E-state index in [4.69, 9.17) is 0 Å². The monoisotopic (exact) mass is 380 g/mol. The summed E-state index contributed by atoms with van der Waals surface area (Å²) in [6.07, 6.45) is 3.18. The van der Waals surface area contributed by atoms with Crippen molar-refractivity contribution in [3.8, 4) is 0 Å². The number of piperidine rings is 1. The van der Waals surface area contributed by atoms with Crippen LogP contribution < -0.4 is 4.90 Å². The van der Waals surface area contributed by atoms with Crippen molar-refractivity contribution in [3.05, 3.63) is 58.3 Å². The maximum atomic E-state index is 13.5. The molecule has 0 N–H and O–H groups in total. The Morgan fingerprint density at radius 1 is 1.14 bits per heavy atom. The number of rotatable bonds is 3. The predicted octanol–water partition coefficient (Wildman–Crippen LogP) is 3.56. The van der Waals surface area contributed by atoms with Gasteiger partial charge in [0, 0.05) is 37.5 Å². The summed E-state index contributed by atoms with van der Waals surface area (Å²) in [7, 11) is 0. The predicted molar refractivity (Wildman–Crippen MR) is 106 cm³/mol. The van der Waals surface area contributed by atoms with Gasteiger partial charge in [0.15, 0.2) is 0 Å². The fourth-order valence-electron chi connectivity index (χ4n) is 4.62. The molecule has 3 heterocycles. The number of aromatic nitrogens is 1. The highest BCUT2D eigenvalue weighted by molar-refractivity contribution is 5.92. The maximum Gasteiger partial charge on any atom is 0.311 e. The summed E-state index contributed by atoms with van der Waals surface area (Å²) in [5, 5.41) is 11.6. The van der Waals surface area contributed by atoms with Crippen molar-refractivity contribution in [2.75, 3.05) is 18.0 Å². The lowest BCUT2D eigenvalue weighted by Gasteiger charge is -2.38. The molecule has 1 aromatic carbocycles. The number of nitrogens with zero attached hydrogens (tertiary/aromatic N) is 4. The Kier molecular flexibility index (Phi) is 4.75. The Bertz CT molecular complexity index is 906. The van der Waals surface area contributed by atoms with Crippen molar-refractivity contribution in [2.24, 2.45) is 11.8 Å². The second-order valence-corrected chi connectivity index (χ2v) is 8.01. The Hall–Kier alpha value is -2.96. The summed E-state index contributed by atoms with van der Waals surface area (Å²) in [5.74, 6) is 1.16. The quantitative estimate of drug-likeness (QED) is 0.601. The molecule has 4 rings (SSSR count). The van der Waals surface area contributed by atoms with Crippen molar-refractivity contribution < 1.29 is 9.72 Å². The van der Waals surface area contributed by atoms with E-state index in [1.54, 1.807) is 11.0 Å². The topological polar surface area (TPSA) is 79.6 Å². The lowest BCUT2D eigenvalue weighted by Crippen LogP contribution is -2.51. The summed E-state index contributed by atoms with van der Waals surface area (Å²) in [4.78, 5) is 32.7. The number of amides is 1. The van der Waals surface area contributed by atoms with E-state index < -0.39 is 11.0 Å².